The van der Waals surface area contributed by atoms with Crippen molar-refractivity contribution in [3.63, 3.8) is 0 Å². The number of allylic oxidation sites excluding steroid dienone is 2. The number of carbonyl (C=O) groups excluding carboxylic acids is 3. The van der Waals surface area contributed by atoms with E-state index in [1.165, 1.54) is 62.8 Å². The minimum atomic E-state index is -0.958. The minimum Gasteiger partial charge on any atom is -0.463 e. The van der Waals surface area contributed by atoms with Crippen LogP contribution in [0.5, 0.6) is 11.5 Å². The first-order valence-electron chi connectivity index (χ1n) is 16.5. The smallest absolute Gasteiger partial charge is 0.463 e. The highest BCUT2D eigenvalue weighted by molar-refractivity contribution is 5.88. The molecule has 0 aliphatic heterocycles. The number of carbonyl (C=O) groups is 3. The van der Waals surface area contributed by atoms with Gasteiger partial charge < -0.3 is 18.9 Å². The van der Waals surface area contributed by atoms with Crippen molar-refractivity contribution in [2.75, 3.05) is 13.2 Å². The topological polar surface area (TPSA) is 88.1 Å². The first-order chi connectivity index (χ1) is 22.5. The Morgan fingerprint density at radius 1 is 0.522 bits per heavy atom. The van der Waals surface area contributed by atoms with Crippen LogP contribution in [0.1, 0.15) is 101 Å². The van der Waals surface area contributed by atoms with Gasteiger partial charge in [0.2, 0.25) is 0 Å². The van der Waals surface area contributed by atoms with E-state index in [1.807, 2.05) is 12.2 Å². The van der Waals surface area contributed by atoms with Crippen molar-refractivity contribution in [1.29, 1.82) is 0 Å². The van der Waals surface area contributed by atoms with Crippen LogP contribution in [-0.2, 0) is 19.1 Å². The number of rotatable bonds is 24. The summed E-state index contributed by atoms with van der Waals surface area (Å²) in [5.41, 5.74) is 1.03. The molecular weight excluding hydrogens is 580 g/mol. The van der Waals surface area contributed by atoms with E-state index in [4.69, 9.17) is 18.9 Å². The van der Waals surface area contributed by atoms with Crippen molar-refractivity contribution in [3.05, 3.63) is 97.1 Å². The fourth-order valence-corrected chi connectivity index (χ4v) is 4.58. The SMILES string of the molecule is C=CCCCCCCCCOC(=O)C=Cc1ccccc1OC(=O)Oc1ccccc1C=CC(=O)OCCCCCCCCC=C. The number of ether oxygens (including phenoxy) is 4. The summed E-state index contributed by atoms with van der Waals surface area (Å²) in [6.07, 6.45) is 23.8. The predicted octanol–water partition coefficient (Wildman–Crippen LogP) is 10.2. The lowest BCUT2D eigenvalue weighted by Gasteiger charge is -2.10. The standard InChI is InChI=1S/C39H50O7/c1-3-5-7-9-11-13-15-21-31-43-37(40)29-27-33-23-17-19-25-35(33)45-39(42)46-36-26-20-18-24-34(36)28-30-38(41)44-32-22-16-14-12-10-8-6-4-2/h3-4,17-20,23-30H,1-2,5-16,21-22,31-32H2. The maximum atomic E-state index is 12.7. The Morgan fingerprint density at radius 3 is 1.30 bits per heavy atom. The molecule has 0 N–H and O–H groups in total. The molecule has 0 unspecified atom stereocenters. The lowest BCUT2D eigenvalue weighted by Crippen LogP contribution is -2.15. The number of unbranched alkanes of at least 4 members (excludes halogenated alkanes) is 12. The maximum Gasteiger partial charge on any atom is 0.519 e. The zero-order chi connectivity index (χ0) is 33.1. The molecule has 46 heavy (non-hydrogen) atoms. The molecule has 0 aliphatic rings. The summed E-state index contributed by atoms with van der Waals surface area (Å²) in [6.45, 7) is 8.20. The molecule has 0 radical (unpaired) electrons. The zero-order valence-corrected chi connectivity index (χ0v) is 27.2. The van der Waals surface area contributed by atoms with Gasteiger partial charge >= 0.3 is 18.1 Å². The molecular formula is C39H50O7. The van der Waals surface area contributed by atoms with Gasteiger partial charge in [0.25, 0.3) is 0 Å². The molecule has 0 spiro atoms. The van der Waals surface area contributed by atoms with Crippen molar-refractivity contribution in [2.45, 2.75) is 89.9 Å². The minimum absolute atomic E-state index is 0.223. The van der Waals surface area contributed by atoms with Gasteiger partial charge in [-0.15, -0.1) is 13.2 Å². The third kappa shape index (κ3) is 17.8. The Bertz CT molecular complexity index is 1160. The van der Waals surface area contributed by atoms with Crippen LogP contribution in [0.2, 0.25) is 0 Å². The van der Waals surface area contributed by atoms with Crippen LogP contribution in [0.15, 0.2) is 86.0 Å². The van der Waals surface area contributed by atoms with E-state index in [9.17, 15) is 14.4 Å². The highest BCUT2D eigenvalue weighted by Gasteiger charge is 2.13. The van der Waals surface area contributed by atoms with Crippen LogP contribution in [0.4, 0.5) is 4.79 Å². The van der Waals surface area contributed by atoms with E-state index in [0.29, 0.717) is 24.3 Å². The molecule has 0 saturated carbocycles. The molecule has 0 aromatic heterocycles. The summed E-state index contributed by atoms with van der Waals surface area (Å²) >= 11 is 0. The molecule has 0 fully saturated rings. The van der Waals surface area contributed by atoms with Crippen molar-refractivity contribution in [3.8, 4) is 11.5 Å². The van der Waals surface area contributed by atoms with E-state index < -0.39 is 18.1 Å². The molecule has 2 rings (SSSR count). The number of hydrogen-bond donors (Lipinski definition) is 0. The Hall–Kier alpha value is -4.39. The van der Waals surface area contributed by atoms with Crippen LogP contribution < -0.4 is 9.47 Å². The molecule has 0 saturated heterocycles. The van der Waals surface area contributed by atoms with Crippen molar-refractivity contribution in [1.82, 2.24) is 0 Å². The maximum absolute atomic E-state index is 12.7. The third-order valence-corrected chi connectivity index (χ3v) is 7.12. The van der Waals surface area contributed by atoms with Gasteiger partial charge in [-0.1, -0.05) is 99.9 Å². The molecule has 248 valence electrons. The van der Waals surface area contributed by atoms with Gasteiger partial charge in [-0.25, -0.2) is 14.4 Å². The molecule has 0 amide bonds. The van der Waals surface area contributed by atoms with Gasteiger partial charge in [-0.3, -0.25) is 0 Å². The summed E-state index contributed by atoms with van der Waals surface area (Å²) in [4.78, 5) is 37.1. The van der Waals surface area contributed by atoms with Gasteiger partial charge in [0.1, 0.15) is 11.5 Å². The summed E-state index contributed by atoms with van der Waals surface area (Å²) < 4.78 is 21.5. The molecule has 0 aliphatic carbocycles. The number of esters is 2. The second-order valence-corrected chi connectivity index (χ2v) is 10.9. The third-order valence-electron chi connectivity index (χ3n) is 7.12. The predicted molar refractivity (Wildman–Crippen MR) is 185 cm³/mol. The largest absolute Gasteiger partial charge is 0.519 e. The summed E-state index contributed by atoms with van der Waals surface area (Å²) in [5, 5.41) is 0. The van der Waals surface area contributed by atoms with Gasteiger partial charge in [0.05, 0.1) is 13.2 Å². The summed E-state index contributed by atoms with van der Waals surface area (Å²) in [5.74, 6) is -0.474. The first kappa shape index (κ1) is 37.8. The normalized spacial score (nSPS) is 11.0. The zero-order valence-electron chi connectivity index (χ0n) is 27.2. The van der Waals surface area contributed by atoms with Crippen molar-refractivity contribution in [2.24, 2.45) is 0 Å². The highest BCUT2D eigenvalue weighted by Crippen LogP contribution is 2.23. The fourth-order valence-electron chi connectivity index (χ4n) is 4.58. The summed E-state index contributed by atoms with van der Waals surface area (Å²) in [7, 11) is 0. The van der Waals surface area contributed by atoms with E-state index in [0.717, 1.165) is 51.4 Å². The average molecular weight is 631 g/mol. The van der Waals surface area contributed by atoms with Gasteiger partial charge in [-0.2, -0.15) is 0 Å². The second kappa shape index (κ2) is 24.9. The van der Waals surface area contributed by atoms with Crippen LogP contribution in [0, 0.1) is 0 Å². The molecule has 0 heterocycles. The summed E-state index contributed by atoms with van der Waals surface area (Å²) in [6, 6.07) is 13.6. The van der Waals surface area contributed by atoms with Crippen molar-refractivity contribution >= 4 is 30.2 Å². The number of para-hydroxylation sites is 2. The van der Waals surface area contributed by atoms with E-state index in [1.54, 1.807) is 48.5 Å². The Balaban J connectivity index is 1.78. The molecule has 0 atom stereocenters. The van der Waals surface area contributed by atoms with E-state index in [-0.39, 0.29) is 11.5 Å². The highest BCUT2D eigenvalue weighted by atomic mass is 16.7. The van der Waals surface area contributed by atoms with E-state index >= 15 is 0 Å². The van der Waals surface area contributed by atoms with E-state index in [2.05, 4.69) is 13.2 Å². The second-order valence-electron chi connectivity index (χ2n) is 10.9. The molecule has 0 bridgehead atoms. The molecule has 2 aromatic rings. The number of hydrogen-bond acceptors (Lipinski definition) is 7. The van der Waals surface area contributed by atoms with Gasteiger partial charge in [0, 0.05) is 23.3 Å². The molecule has 7 nitrogen and oxygen atoms in total. The fraction of sp³-hybridized carbons (Fsp3) is 0.410. The number of benzene rings is 2. The van der Waals surface area contributed by atoms with Gasteiger partial charge in [0.15, 0.2) is 0 Å². The Morgan fingerprint density at radius 2 is 0.891 bits per heavy atom. The molecule has 7 heteroatoms. The lowest BCUT2D eigenvalue weighted by molar-refractivity contribution is -0.138. The lowest BCUT2D eigenvalue weighted by atomic mass is 10.1. The van der Waals surface area contributed by atoms with Crippen LogP contribution in [0.3, 0.4) is 0 Å². The van der Waals surface area contributed by atoms with Crippen LogP contribution in [0.25, 0.3) is 12.2 Å². The van der Waals surface area contributed by atoms with Crippen LogP contribution >= 0.6 is 0 Å². The van der Waals surface area contributed by atoms with Gasteiger partial charge in [-0.05, 0) is 62.8 Å². The Labute approximate surface area is 275 Å². The quantitative estimate of drug-likeness (QED) is 0.0375. The average Bonchev–Trinajstić information content (AvgIpc) is 3.06. The van der Waals surface area contributed by atoms with Crippen LogP contribution in [-0.4, -0.2) is 31.3 Å². The Kier molecular flexibility index (Phi) is 20.4. The first-order valence-corrected chi connectivity index (χ1v) is 16.5. The van der Waals surface area contributed by atoms with Crippen molar-refractivity contribution < 1.29 is 33.3 Å². The molecule has 2 aromatic carbocycles. The monoisotopic (exact) mass is 630 g/mol.